The minimum absolute atomic E-state index is 0.236. The van der Waals surface area contributed by atoms with Crippen molar-refractivity contribution in [3.05, 3.63) is 47.5 Å². The Morgan fingerprint density at radius 2 is 2.19 bits per heavy atom. The van der Waals surface area contributed by atoms with Gasteiger partial charge in [-0.15, -0.1) is 0 Å². The van der Waals surface area contributed by atoms with Crippen molar-refractivity contribution in [2.24, 2.45) is 0 Å². The van der Waals surface area contributed by atoms with Crippen LogP contribution in [-0.2, 0) is 0 Å². The van der Waals surface area contributed by atoms with Crippen LogP contribution in [0.15, 0.2) is 30.5 Å². The van der Waals surface area contributed by atoms with Crippen molar-refractivity contribution in [3.8, 4) is 5.75 Å². The van der Waals surface area contributed by atoms with Crippen LogP contribution in [0.4, 0.5) is 4.39 Å². The number of rotatable bonds is 5. The molecule has 1 aliphatic heterocycles. The summed E-state index contributed by atoms with van der Waals surface area (Å²) < 4.78 is 18.4. The van der Waals surface area contributed by atoms with Crippen molar-refractivity contribution in [2.75, 3.05) is 26.2 Å². The number of benzene rings is 1. The van der Waals surface area contributed by atoms with E-state index < -0.39 is 0 Å². The molecular weight excluding hydrogens is 269 g/mol. The third-order valence-electron chi connectivity index (χ3n) is 4.04. The van der Waals surface area contributed by atoms with Crippen LogP contribution >= 0.6 is 0 Å². The molecule has 0 bridgehead atoms. The van der Waals surface area contributed by atoms with Gasteiger partial charge in [0.2, 0.25) is 0 Å². The maximum absolute atomic E-state index is 12.8. The van der Waals surface area contributed by atoms with E-state index >= 15 is 0 Å². The van der Waals surface area contributed by atoms with Crippen LogP contribution in [0.3, 0.4) is 0 Å². The van der Waals surface area contributed by atoms with Gasteiger partial charge >= 0.3 is 0 Å². The van der Waals surface area contributed by atoms with E-state index in [4.69, 9.17) is 4.74 Å². The minimum Gasteiger partial charge on any atom is -0.492 e. The van der Waals surface area contributed by atoms with E-state index in [0.717, 1.165) is 31.8 Å². The van der Waals surface area contributed by atoms with Crippen molar-refractivity contribution in [1.82, 2.24) is 15.1 Å². The molecule has 0 amide bonds. The normalized spacial score (nSPS) is 19.0. The van der Waals surface area contributed by atoms with Crippen LogP contribution in [0.1, 0.15) is 23.6 Å². The van der Waals surface area contributed by atoms with E-state index in [9.17, 15) is 4.39 Å². The first-order chi connectivity index (χ1) is 10.2. The van der Waals surface area contributed by atoms with Gasteiger partial charge in [0.05, 0.1) is 6.20 Å². The second-order valence-corrected chi connectivity index (χ2v) is 5.56. The number of halogens is 1. The molecule has 0 radical (unpaired) electrons. The van der Waals surface area contributed by atoms with Crippen LogP contribution in [0.5, 0.6) is 5.75 Å². The van der Waals surface area contributed by atoms with E-state index in [1.54, 1.807) is 12.1 Å². The smallest absolute Gasteiger partial charge is 0.123 e. The van der Waals surface area contributed by atoms with E-state index in [-0.39, 0.29) is 5.82 Å². The Labute approximate surface area is 123 Å². The number of nitrogens with zero attached hydrogens (tertiary/aromatic N) is 2. The number of hydrogen-bond donors (Lipinski definition) is 1. The summed E-state index contributed by atoms with van der Waals surface area (Å²) in [5, 5.41) is 7.21. The second kappa shape index (κ2) is 6.26. The Kier molecular flexibility index (Phi) is 4.20. The highest BCUT2D eigenvalue weighted by Crippen LogP contribution is 2.27. The molecule has 0 aliphatic carbocycles. The topological polar surface area (TPSA) is 41.2 Å². The van der Waals surface area contributed by atoms with Crippen LogP contribution < -0.4 is 4.74 Å². The zero-order chi connectivity index (χ0) is 14.7. The molecule has 1 fully saturated rings. The average Bonchev–Trinajstić information content (AvgIpc) is 3.10. The molecule has 1 unspecified atom stereocenters. The SMILES string of the molecule is Cc1cn[nH]c1C1CCN(CCOc2ccc(F)cc2)C1. The van der Waals surface area contributed by atoms with E-state index in [1.165, 1.54) is 23.4 Å². The predicted molar refractivity (Wildman–Crippen MR) is 79.0 cm³/mol. The van der Waals surface area contributed by atoms with Gasteiger partial charge in [-0.25, -0.2) is 4.39 Å². The summed E-state index contributed by atoms with van der Waals surface area (Å²) in [4.78, 5) is 2.40. The maximum atomic E-state index is 12.8. The lowest BCUT2D eigenvalue weighted by Crippen LogP contribution is -2.26. The predicted octanol–water partition coefficient (Wildman–Crippen LogP) is 2.73. The Balaban J connectivity index is 1.45. The van der Waals surface area contributed by atoms with Gasteiger partial charge in [-0.3, -0.25) is 10.00 Å². The molecule has 1 aromatic heterocycles. The van der Waals surface area contributed by atoms with Crippen molar-refractivity contribution in [3.63, 3.8) is 0 Å². The highest BCUT2D eigenvalue weighted by atomic mass is 19.1. The fourth-order valence-corrected chi connectivity index (χ4v) is 2.86. The first-order valence-electron chi connectivity index (χ1n) is 7.33. The zero-order valence-electron chi connectivity index (χ0n) is 12.2. The summed E-state index contributed by atoms with van der Waals surface area (Å²) >= 11 is 0. The van der Waals surface area contributed by atoms with Gasteiger partial charge in [0, 0.05) is 24.7 Å². The third kappa shape index (κ3) is 3.42. The van der Waals surface area contributed by atoms with Crippen molar-refractivity contribution in [1.29, 1.82) is 0 Å². The summed E-state index contributed by atoms with van der Waals surface area (Å²) in [6.45, 7) is 5.73. The van der Waals surface area contributed by atoms with Crippen LogP contribution in [-0.4, -0.2) is 41.3 Å². The molecular formula is C16H20FN3O. The quantitative estimate of drug-likeness (QED) is 0.920. The van der Waals surface area contributed by atoms with Crippen LogP contribution in [0, 0.1) is 12.7 Å². The Morgan fingerprint density at radius 3 is 2.90 bits per heavy atom. The number of likely N-dealkylation sites (tertiary alicyclic amines) is 1. The summed E-state index contributed by atoms with van der Waals surface area (Å²) in [5.74, 6) is 1.02. The molecule has 2 aromatic rings. The molecule has 1 saturated heterocycles. The van der Waals surface area contributed by atoms with Crippen molar-refractivity contribution in [2.45, 2.75) is 19.3 Å². The average molecular weight is 289 g/mol. The number of aromatic amines is 1. The molecule has 0 spiro atoms. The lowest BCUT2D eigenvalue weighted by molar-refractivity contribution is 0.236. The number of aromatic nitrogens is 2. The molecule has 1 aromatic carbocycles. The zero-order valence-corrected chi connectivity index (χ0v) is 12.2. The van der Waals surface area contributed by atoms with Gasteiger partial charge in [-0.2, -0.15) is 5.10 Å². The number of nitrogens with one attached hydrogen (secondary N) is 1. The van der Waals surface area contributed by atoms with E-state index in [0.29, 0.717) is 12.5 Å². The molecule has 21 heavy (non-hydrogen) atoms. The van der Waals surface area contributed by atoms with Gasteiger partial charge in [0.1, 0.15) is 18.2 Å². The molecule has 0 saturated carbocycles. The Morgan fingerprint density at radius 1 is 1.38 bits per heavy atom. The minimum atomic E-state index is -0.236. The third-order valence-corrected chi connectivity index (χ3v) is 4.04. The molecule has 1 aliphatic rings. The molecule has 4 nitrogen and oxygen atoms in total. The van der Waals surface area contributed by atoms with E-state index in [1.807, 2.05) is 6.20 Å². The molecule has 112 valence electrons. The number of hydrogen-bond acceptors (Lipinski definition) is 3. The summed E-state index contributed by atoms with van der Waals surface area (Å²) in [6.07, 6.45) is 3.04. The van der Waals surface area contributed by atoms with Gasteiger partial charge in [0.25, 0.3) is 0 Å². The maximum Gasteiger partial charge on any atom is 0.123 e. The van der Waals surface area contributed by atoms with E-state index in [2.05, 4.69) is 22.0 Å². The standard InChI is InChI=1S/C16H20FN3O/c1-12-10-18-19-16(12)13-6-7-20(11-13)8-9-21-15-4-2-14(17)3-5-15/h2-5,10,13H,6-9,11H2,1H3,(H,18,19). The fourth-order valence-electron chi connectivity index (χ4n) is 2.86. The second-order valence-electron chi connectivity index (χ2n) is 5.56. The lowest BCUT2D eigenvalue weighted by Gasteiger charge is -2.16. The number of ether oxygens (including phenoxy) is 1. The molecule has 2 heterocycles. The van der Waals surface area contributed by atoms with Crippen LogP contribution in [0.25, 0.3) is 0 Å². The first kappa shape index (κ1) is 14.1. The number of aryl methyl sites for hydroxylation is 1. The fraction of sp³-hybridized carbons (Fsp3) is 0.438. The lowest BCUT2D eigenvalue weighted by atomic mass is 10.0. The van der Waals surface area contributed by atoms with Crippen LogP contribution in [0.2, 0.25) is 0 Å². The highest BCUT2D eigenvalue weighted by Gasteiger charge is 2.25. The molecule has 3 rings (SSSR count). The van der Waals surface area contributed by atoms with Gasteiger partial charge in [0.15, 0.2) is 0 Å². The Hall–Kier alpha value is -1.88. The molecule has 5 heteroatoms. The number of H-pyrrole nitrogens is 1. The monoisotopic (exact) mass is 289 g/mol. The molecule has 1 N–H and O–H groups in total. The largest absolute Gasteiger partial charge is 0.492 e. The first-order valence-corrected chi connectivity index (χ1v) is 7.33. The van der Waals surface area contributed by atoms with Crippen molar-refractivity contribution >= 4 is 0 Å². The Bertz CT molecular complexity index is 581. The van der Waals surface area contributed by atoms with Crippen molar-refractivity contribution < 1.29 is 9.13 Å². The highest BCUT2D eigenvalue weighted by molar-refractivity contribution is 5.22. The van der Waals surface area contributed by atoms with Gasteiger partial charge < -0.3 is 4.74 Å². The van der Waals surface area contributed by atoms with Gasteiger partial charge in [-0.05, 0) is 49.7 Å². The molecule has 1 atom stereocenters. The summed E-state index contributed by atoms with van der Waals surface area (Å²) in [7, 11) is 0. The van der Waals surface area contributed by atoms with Gasteiger partial charge in [-0.1, -0.05) is 0 Å². The summed E-state index contributed by atoms with van der Waals surface area (Å²) in [5.41, 5.74) is 2.50. The summed E-state index contributed by atoms with van der Waals surface area (Å²) in [6, 6.07) is 6.16.